The molecule has 0 bridgehead atoms. The van der Waals surface area contributed by atoms with Crippen LogP contribution in [-0.2, 0) is 14.3 Å². The van der Waals surface area contributed by atoms with Crippen molar-refractivity contribution in [3.8, 4) is 0 Å². The molecule has 1 aliphatic rings. The largest absolute Gasteiger partial charge is 0.469 e. The molecule has 1 fully saturated rings. The van der Waals surface area contributed by atoms with E-state index >= 15 is 0 Å². The molecule has 1 aliphatic carbocycles. The van der Waals surface area contributed by atoms with Gasteiger partial charge in [0.2, 0.25) is 5.91 Å². The molecule has 138 valence electrons. The third kappa shape index (κ3) is 4.86. The fourth-order valence-corrected chi connectivity index (χ4v) is 4.74. The molecule has 7 heteroatoms. The minimum Gasteiger partial charge on any atom is -0.469 e. The first kappa shape index (κ1) is 18.9. The van der Waals surface area contributed by atoms with Gasteiger partial charge < -0.3 is 10.1 Å². The third-order valence-electron chi connectivity index (χ3n) is 4.51. The highest BCUT2D eigenvalue weighted by Crippen LogP contribution is 2.52. The first-order valence-corrected chi connectivity index (χ1v) is 10.2. The number of nitrogens with zero attached hydrogens (tertiary/aromatic N) is 1. The number of carbonyl (C=O) groups is 2. The van der Waals surface area contributed by atoms with E-state index in [2.05, 4.69) is 16.4 Å². The standard InChI is InChI=1S/C19H22N2O3S2/c1-12-8-14(26-18-20-13(2)11-25-18)4-5-15(12)21-16(22)9-19(6-7-19)10-17(23)24-3/h4-5,8,11H,6-7,9-10H2,1-3H3,(H,21,22). The van der Waals surface area contributed by atoms with Gasteiger partial charge in [-0.05, 0) is 55.9 Å². The molecule has 2 aromatic rings. The number of amides is 1. The molecular weight excluding hydrogens is 368 g/mol. The Morgan fingerprint density at radius 2 is 2.08 bits per heavy atom. The number of hydrogen-bond acceptors (Lipinski definition) is 6. The van der Waals surface area contributed by atoms with Crippen molar-refractivity contribution in [3.05, 3.63) is 34.8 Å². The van der Waals surface area contributed by atoms with Gasteiger partial charge in [-0.1, -0.05) is 11.8 Å². The second kappa shape index (κ2) is 7.80. The van der Waals surface area contributed by atoms with Crippen LogP contribution in [0.3, 0.4) is 0 Å². The lowest BCUT2D eigenvalue weighted by molar-refractivity contribution is -0.142. The summed E-state index contributed by atoms with van der Waals surface area (Å²) in [7, 11) is 1.38. The topological polar surface area (TPSA) is 68.3 Å². The van der Waals surface area contributed by atoms with Crippen LogP contribution in [0.25, 0.3) is 0 Å². The van der Waals surface area contributed by atoms with Gasteiger partial charge in [0.05, 0.1) is 13.5 Å². The van der Waals surface area contributed by atoms with Crippen LogP contribution in [0.15, 0.2) is 32.8 Å². The smallest absolute Gasteiger partial charge is 0.306 e. The molecule has 1 heterocycles. The number of rotatable bonds is 7. The fraction of sp³-hybridized carbons (Fsp3) is 0.421. The van der Waals surface area contributed by atoms with Crippen LogP contribution in [-0.4, -0.2) is 24.0 Å². The molecule has 1 amide bonds. The molecule has 0 saturated heterocycles. The van der Waals surface area contributed by atoms with Crippen LogP contribution in [0.5, 0.6) is 0 Å². The second-order valence-electron chi connectivity index (χ2n) is 6.81. The van der Waals surface area contributed by atoms with Gasteiger partial charge in [0, 0.05) is 28.1 Å². The Morgan fingerprint density at radius 1 is 1.31 bits per heavy atom. The zero-order valence-electron chi connectivity index (χ0n) is 15.1. The summed E-state index contributed by atoms with van der Waals surface area (Å²) in [6.45, 7) is 3.96. The van der Waals surface area contributed by atoms with Gasteiger partial charge in [-0.15, -0.1) is 11.3 Å². The van der Waals surface area contributed by atoms with Crippen molar-refractivity contribution in [3.63, 3.8) is 0 Å². The molecule has 26 heavy (non-hydrogen) atoms. The van der Waals surface area contributed by atoms with Gasteiger partial charge in [0.25, 0.3) is 0 Å². The van der Waals surface area contributed by atoms with Gasteiger partial charge in [0.15, 0.2) is 4.34 Å². The Balaban J connectivity index is 1.59. The van der Waals surface area contributed by atoms with Gasteiger partial charge in [-0.3, -0.25) is 9.59 Å². The number of thiazole rings is 1. The molecule has 0 spiro atoms. The van der Waals surface area contributed by atoms with Crippen LogP contribution in [0.4, 0.5) is 5.69 Å². The molecule has 1 N–H and O–H groups in total. The zero-order valence-corrected chi connectivity index (χ0v) is 16.8. The van der Waals surface area contributed by atoms with Crippen molar-refractivity contribution in [2.45, 2.75) is 48.8 Å². The van der Waals surface area contributed by atoms with Crippen LogP contribution in [0.1, 0.15) is 36.9 Å². The van der Waals surface area contributed by atoms with Crippen molar-refractivity contribution >= 4 is 40.7 Å². The predicted octanol–water partition coefficient (Wildman–Crippen LogP) is 4.58. The number of aryl methyl sites for hydroxylation is 2. The maximum atomic E-state index is 12.4. The van der Waals surface area contributed by atoms with Crippen LogP contribution in [0.2, 0.25) is 0 Å². The highest BCUT2D eigenvalue weighted by atomic mass is 32.2. The van der Waals surface area contributed by atoms with E-state index < -0.39 is 0 Å². The number of carbonyl (C=O) groups excluding carboxylic acids is 2. The number of benzene rings is 1. The molecule has 5 nitrogen and oxygen atoms in total. The lowest BCUT2D eigenvalue weighted by atomic mass is 9.97. The van der Waals surface area contributed by atoms with Gasteiger partial charge in [-0.25, -0.2) is 4.98 Å². The normalized spacial score (nSPS) is 14.7. The van der Waals surface area contributed by atoms with E-state index in [0.717, 1.165) is 39.0 Å². The minimum atomic E-state index is -0.245. The number of hydrogen-bond donors (Lipinski definition) is 1. The number of nitrogens with one attached hydrogen (secondary N) is 1. The lowest BCUT2D eigenvalue weighted by Gasteiger charge is -2.15. The first-order valence-electron chi connectivity index (χ1n) is 8.46. The summed E-state index contributed by atoms with van der Waals surface area (Å²) < 4.78 is 5.74. The van der Waals surface area contributed by atoms with Gasteiger partial charge in [0.1, 0.15) is 0 Å². The first-order chi connectivity index (χ1) is 12.4. The maximum absolute atomic E-state index is 12.4. The summed E-state index contributed by atoms with van der Waals surface area (Å²) in [6.07, 6.45) is 2.48. The molecule has 0 radical (unpaired) electrons. The number of esters is 1. The number of ether oxygens (including phenoxy) is 1. The van der Waals surface area contributed by atoms with E-state index in [0.29, 0.717) is 12.8 Å². The van der Waals surface area contributed by atoms with Crippen LogP contribution >= 0.6 is 23.1 Å². The summed E-state index contributed by atoms with van der Waals surface area (Å²) >= 11 is 3.25. The van der Waals surface area contributed by atoms with Gasteiger partial charge >= 0.3 is 5.97 Å². The van der Waals surface area contributed by atoms with Crippen LogP contribution in [0, 0.1) is 19.3 Å². The lowest BCUT2D eigenvalue weighted by Crippen LogP contribution is -2.20. The monoisotopic (exact) mass is 390 g/mol. The molecule has 1 aromatic carbocycles. The van der Waals surface area contributed by atoms with Crippen molar-refractivity contribution in [1.29, 1.82) is 0 Å². The maximum Gasteiger partial charge on any atom is 0.306 e. The summed E-state index contributed by atoms with van der Waals surface area (Å²) in [6, 6.07) is 5.97. The summed E-state index contributed by atoms with van der Waals surface area (Å²) in [4.78, 5) is 29.4. The fourth-order valence-electron chi connectivity index (χ4n) is 2.83. The SMILES string of the molecule is COC(=O)CC1(CC(=O)Nc2ccc(Sc3nc(C)cs3)cc2C)CC1. The average Bonchev–Trinajstić information content (AvgIpc) is 3.20. The highest BCUT2D eigenvalue weighted by molar-refractivity contribution is 8.01. The van der Waals surface area contributed by atoms with E-state index in [1.165, 1.54) is 7.11 Å². The Bertz CT molecular complexity index is 828. The molecule has 3 rings (SSSR count). The highest BCUT2D eigenvalue weighted by Gasteiger charge is 2.46. The molecular formula is C19H22N2O3S2. The number of methoxy groups -OCH3 is 1. The van der Waals surface area contributed by atoms with Crippen molar-refractivity contribution in [2.75, 3.05) is 12.4 Å². The summed E-state index contributed by atoms with van der Waals surface area (Å²) in [5.41, 5.74) is 2.64. The summed E-state index contributed by atoms with van der Waals surface area (Å²) in [5, 5.41) is 5.01. The van der Waals surface area contributed by atoms with Crippen molar-refractivity contribution in [2.24, 2.45) is 5.41 Å². The quantitative estimate of drug-likeness (QED) is 0.701. The Labute approximate surface area is 161 Å². The van der Waals surface area contributed by atoms with E-state index in [1.54, 1.807) is 23.1 Å². The average molecular weight is 391 g/mol. The zero-order chi connectivity index (χ0) is 18.7. The molecule has 0 unspecified atom stereocenters. The Morgan fingerprint density at radius 3 is 2.65 bits per heavy atom. The van der Waals surface area contributed by atoms with E-state index in [1.807, 2.05) is 31.4 Å². The van der Waals surface area contributed by atoms with E-state index in [4.69, 9.17) is 4.74 Å². The van der Waals surface area contributed by atoms with Crippen molar-refractivity contribution < 1.29 is 14.3 Å². The Hall–Kier alpha value is -1.86. The molecule has 0 aliphatic heterocycles. The summed E-state index contributed by atoms with van der Waals surface area (Å²) in [5.74, 6) is -0.296. The van der Waals surface area contributed by atoms with E-state index in [9.17, 15) is 9.59 Å². The number of anilines is 1. The van der Waals surface area contributed by atoms with E-state index in [-0.39, 0.29) is 17.3 Å². The molecule has 0 atom stereocenters. The third-order valence-corrected chi connectivity index (χ3v) is 6.56. The molecule has 1 aromatic heterocycles. The second-order valence-corrected chi connectivity index (χ2v) is 8.99. The number of aromatic nitrogens is 1. The minimum absolute atomic E-state index is 0.0505. The molecule has 1 saturated carbocycles. The van der Waals surface area contributed by atoms with Gasteiger partial charge in [-0.2, -0.15) is 0 Å². The Kier molecular flexibility index (Phi) is 5.67. The predicted molar refractivity (Wildman–Crippen MR) is 104 cm³/mol. The van der Waals surface area contributed by atoms with Crippen LogP contribution < -0.4 is 5.32 Å². The van der Waals surface area contributed by atoms with Crippen molar-refractivity contribution in [1.82, 2.24) is 4.98 Å².